The molecule has 0 bridgehead atoms. The summed E-state index contributed by atoms with van der Waals surface area (Å²) in [6, 6.07) is 5.88. The fourth-order valence-electron chi connectivity index (χ4n) is 4.53. The number of nitrogens with zero attached hydrogens (tertiary/aromatic N) is 1. The Morgan fingerprint density at radius 3 is 2.61 bits per heavy atom. The van der Waals surface area contributed by atoms with Crippen LogP contribution in [0.3, 0.4) is 0 Å². The normalized spacial score (nSPS) is 25.3. The molecule has 3 nitrogen and oxygen atoms in total. The summed E-state index contributed by atoms with van der Waals surface area (Å²) < 4.78 is 0. The zero-order valence-corrected chi connectivity index (χ0v) is 13.5. The molecule has 1 heterocycles. The highest BCUT2D eigenvalue weighted by Gasteiger charge is 2.39. The number of carbonyl (C=O) groups excluding carboxylic acids is 2. The summed E-state index contributed by atoms with van der Waals surface area (Å²) in [5.41, 5.74) is 4.36. The van der Waals surface area contributed by atoms with Crippen molar-refractivity contribution >= 4 is 11.7 Å². The molecule has 1 aromatic rings. The summed E-state index contributed by atoms with van der Waals surface area (Å²) in [6.07, 6.45) is 7.05. The van der Waals surface area contributed by atoms with Gasteiger partial charge in [0, 0.05) is 18.5 Å². The largest absolute Gasteiger partial charge is 0.324 e. The van der Waals surface area contributed by atoms with E-state index in [9.17, 15) is 9.59 Å². The average Bonchev–Trinajstić information content (AvgIpc) is 3.16. The molecule has 2 aliphatic carbocycles. The molecule has 0 spiro atoms. The minimum Gasteiger partial charge on any atom is -0.324 e. The highest BCUT2D eigenvalue weighted by Crippen LogP contribution is 2.40. The topological polar surface area (TPSA) is 37.4 Å². The molecule has 2 saturated carbocycles. The summed E-state index contributed by atoms with van der Waals surface area (Å²) in [5, 5.41) is 0. The summed E-state index contributed by atoms with van der Waals surface area (Å²) in [6.45, 7) is 4.54. The van der Waals surface area contributed by atoms with Crippen LogP contribution < -0.4 is 0 Å². The third-order valence-corrected chi connectivity index (χ3v) is 5.77. The highest BCUT2D eigenvalue weighted by atomic mass is 16.2. The van der Waals surface area contributed by atoms with E-state index in [1.165, 1.54) is 36.8 Å². The number of carbonyl (C=O) groups is 2. The van der Waals surface area contributed by atoms with E-state index in [4.69, 9.17) is 0 Å². The molecule has 1 amide bonds. The first-order chi connectivity index (χ1) is 11.1. The fraction of sp³-hybridized carbons (Fsp3) is 0.500. The Balaban J connectivity index is 1.64. The molecule has 23 heavy (non-hydrogen) atoms. The van der Waals surface area contributed by atoms with Crippen LogP contribution in [0.4, 0.5) is 0 Å². The van der Waals surface area contributed by atoms with Crippen LogP contribution in [0.1, 0.15) is 72.3 Å². The van der Waals surface area contributed by atoms with Crippen molar-refractivity contribution in [2.45, 2.75) is 63.5 Å². The quantitative estimate of drug-likeness (QED) is 0.775. The summed E-state index contributed by atoms with van der Waals surface area (Å²) in [4.78, 5) is 27.0. The standard InChI is InChI=1S/C20H23NO2/c1-13-9-10-18(19(22)11-13)21-12-17-15(14-5-2-3-6-14)7-4-8-16(17)20(21)23/h4,7-8,14,18H,1-3,5-6,9-12H2. The number of hydrogen-bond donors (Lipinski definition) is 0. The van der Waals surface area contributed by atoms with E-state index < -0.39 is 0 Å². The van der Waals surface area contributed by atoms with Crippen molar-refractivity contribution in [1.82, 2.24) is 4.90 Å². The van der Waals surface area contributed by atoms with Crippen molar-refractivity contribution in [2.75, 3.05) is 0 Å². The van der Waals surface area contributed by atoms with Gasteiger partial charge < -0.3 is 4.90 Å². The van der Waals surface area contributed by atoms with Gasteiger partial charge in [0.25, 0.3) is 5.91 Å². The van der Waals surface area contributed by atoms with E-state index in [2.05, 4.69) is 12.6 Å². The molecular weight excluding hydrogens is 286 g/mol. The number of hydrogen-bond acceptors (Lipinski definition) is 2. The zero-order chi connectivity index (χ0) is 16.0. The Labute approximate surface area is 137 Å². The monoisotopic (exact) mass is 309 g/mol. The van der Waals surface area contributed by atoms with Crippen LogP contribution in [0.15, 0.2) is 30.4 Å². The Bertz CT molecular complexity index is 685. The van der Waals surface area contributed by atoms with Gasteiger partial charge in [-0.05, 0) is 48.8 Å². The Kier molecular flexibility index (Phi) is 3.59. The van der Waals surface area contributed by atoms with Gasteiger partial charge in [-0.15, -0.1) is 0 Å². The first-order valence-corrected chi connectivity index (χ1v) is 8.77. The molecule has 0 radical (unpaired) electrons. The average molecular weight is 309 g/mol. The van der Waals surface area contributed by atoms with Crippen molar-refractivity contribution in [3.63, 3.8) is 0 Å². The van der Waals surface area contributed by atoms with Crippen LogP contribution in [-0.2, 0) is 11.3 Å². The van der Waals surface area contributed by atoms with E-state index >= 15 is 0 Å². The van der Waals surface area contributed by atoms with Crippen molar-refractivity contribution < 1.29 is 9.59 Å². The van der Waals surface area contributed by atoms with Gasteiger partial charge in [0.2, 0.25) is 0 Å². The summed E-state index contributed by atoms with van der Waals surface area (Å²) >= 11 is 0. The van der Waals surface area contributed by atoms with E-state index in [1.807, 2.05) is 17.0 Å². The number of amides is 1. The van der Waals surface area contributed by atoms with E-state index in [0.717, 1.165) is 24.0 Å². The van der Waals surface area contributed by atoms with Crippen LogP contribution in [0.5, 0.6) is 0 Å². The van der Waals surface area contributed by atoms with Crippen molar-refractivity contribution in [3.8, 4) is 0 Å². The van der Waals surface area contributed by atoms with E-state index in [-0.39, 0.29) is 17.7 Å². The summed E-state index contributed by atoms with van der Waals surface area (Å²) in [5.74, 6) is 0.801. The van der Waals surface area contributed by atoms with Gasteiger partial charge in [0.1, 0.15) is 0 Å². The van der Waals surface area contributed by atoms with Crippen molar-refractivity contribution in [2.24, 2.45) is 0 Å². The van der Waals surface area contributed by atoms with Crippen LogP contribution in [-0.4, -0.2) is 22.6 Å². The van der Waals surface area contributed by atoms with Crippen LogP contribution in [0.25, 0.3) is 0 Å². The number of benzene rings is 1. The maximum Gasteiger partial charge on any atom is 0.255 e. The lowest BCUT2D eigenvalue weighted by Crippen LogP contribution is -2.43. The predicted molar refractivity (Wildman–Crippen MR) is 89.3 cm³/mol. The third kappa shape index (κ3) is 2.43. The van der Waals surface area contributed by atoms with Gasteiger partial charge in [-0.3, -0.25) is 9.59 Å². The third-order valence-electron chi connectivity index (χ3n) is 5.77. The molecule has 1 aliphatic heterocycles. The molecule has 1 aromatic carbocycles. The zero-order valence-electron chi connectivity index (χ0n) is 13.5. The second-order valence-electron chi connectivity index (χ2n) is 7.24. The molecule has 4 rings (SSSR count). The lowest BCUT2D eigenvalue weighted by Gasteiger charge is -2.30. The lowest BCUT2D eigenvalue weighted by molar-refractivity contribution is -0.124. The molecule has 0 saturated heterocycles. The molecule has 3 aliphatic rings. The predicted octanol–water partition coefficient (Wildman–Crippen LogP) is 3.98. The molecular formula is C20H23NO2. The molecule has 0 N–H and O–H groups in total. The molecule has 120 valence electrons. The van der Waals surface area contributed by atoms with Crippen LogP contribution >= 0.6 is 0 Å². The Morgan fingerprint density at radius 2 is 1.87 bits per heavy atom. The molecule has 0 aromatic heterocycles. The molecule has 1 unspecified atom stereocenters. The maximum absolute atomic E-state index is 12.8. The van der Waals surface area contributed by atoms with Gasteiger partial charge >= 0.3 is 0 Å². The van der Waals surface area contributed by atoms with Gasteiger partial charge in [0.05, 0.1) is 6.04 Å². The molecule has 3 heteroatoms. The van der Waals surface area contributed by atoms with Gasteiger partial charge in [0.15, 0.2) is 5.78 Å². The number of Topliss-reactive ketones (excluding diaryl/α,β-unsaturated/α-hetero) is 1. The second-order valence-corrected chi connectivity index (χ2v) is 7.24. The van der Waals surface area contributed by atoms with E-state index in [1.54, 1.807) is 0 Å². The maximum atomic E-state index is 12.8. The number of ketones is 1. The first-order valence-electron chi connectivity index (χ1n) is 8.77. The van der Waals surface area contributed by atoms with Gasteiger partial charge in [-0.1, -0.05) is 37.1 Å². The second kappa shape index (κ2) is 5.63. The fourth-order valence-corrected chi connectivity index (χ4v) is 4.53. The van der Waals surface area contributed by atoms with E-state index in [0.29, 0.717) is 18.9 Å². The van der Waals surface area contributed by atoms with Crippen LogP contribution in [0, 0.1) is 0 Å². The molecule has 2 fully saturated rings. The number of rotatable bonds is 2. The minimum atomic E-state index is -0.253. The van der Waals surface area contributed by atoms with Crippen molar-refractivity contribution in [3.05, 3.63) is 47.0 Å². The van der Waals surface area contributed by atoms with Crippen LogP contribution in [0.2, 0.25) is 0 Å². The first kappa shape index (κ1) is 14.7. The number of allylic oxidation sites excluding steroid dienone is 1. The smallest absolute Gasteiger partial charge is 0.255 e. The highest BCUT2D eigenvalue weighted by molar-refractivity contribution is 6.02. The van der Waals surface area contributed by atoms with Gasteiger partial charge in [-0.25, -0.2) is 0 Å². The van der Waals surface area contributed by atoms with Crippen molar-refractivity contribution in [1.29, 1.82) is 0 Å². The van der Waals surface area contributed by atoms with Gasteiger partial charge in [-0.2, -0.15) is 0 Å². The molecule has 1 atom stereocenters. The Morgan fingerprint density at radius 1 is 1.09 bits per heavy atom. The number of fused-ring (bicyclic) bond motifs is 1. The lowest BCUT2D eigenvalue weighted by atomic mass is 9.89. The Hall–Kier alpha value is -1.90. The SMILES string of the molecule is C=C1CCC(N2Cc3c(cccc3C3CCCC3)C2=O)C(=O)C1. The minimum absolute atomic E-state index is 0.0470. The summed E-state index contributed by atoms with van der Waals surface area (Å²) in [7, 11) is 0.